The first kappa shape index (κ1) is 20.2. The molecule has 0 saturated heterocycles. The Balaban J connectivity index is 1.81. The number of hydrogen-bond acceptors (Lipinski definition) is 6. The first-order valence-corrected chi connectivity index (χ1v) is 11.5. The van der Waals surface area contributed by atoms with Crippen molar-refractivity contribution in [2.75, 3.05) is 5.73 Å². The summed E-state index contributed by atoms with van der Waals surface area (Å²) in [4.78, 5) is 9.11. The van der Waals surface area contributed by atoms with Gasteiger partial charge in [0.05, 0.1) is 22.1 Å². The molecule has 7 nitrogen and oxygen atoms in total. The van der Waals surface area contributed by atoms with E-state index < -0.39 is 9.84 Å². The summed E-state index contributed by atoms with van der Waals surface area (Å²) < 4.78 is 28.4. The molecule has 0 radical (unpaired) electrons. The van der Waals surface area contributed by atoms with E-state index in [0.717, 1.165) is 5.56 Å². The summed E-state index contributed by atoms with van der Waals surface area (Å²) in [5.41, 5.74) is 8.74. The molecule has 32 heavy (non-hydrogen) atoms. The van der Waals surface area contributed by atoms with Crippen LogP contribution in [0.5, 0.6) is 0 Å². The van der Waals surface area contributed by atoms with Crippen LogP contribution in [0.15, 0.2) is 93.8 Å². The molecule has 0 aliphatic rings. The number of nitrogen functional groups attached to an aromatic ring is 1. The first-order valence-electron chi connectivity index (χ1n) is 9.62. The summed E-state index contributed by atoms with van der Waals surface area (Å²) in [6.07, 6.45) is 1.59. The van der Waals surface area contributed by atoms with E-state index in [1.165, 1.54) is 28.9 Å². The number of aromatic nitrogens is 3. The van der Waals surface area contributed by atoms with Crippen LogP contribution in [0.1, 0.15) is 5.56 Å². The van der Waals surface area contributed by atoms with Crippen LogP contribution >= 0.6 is 11.6 Å². The molecule has 2 aromatic heterocycles. The Morgan fingerprint density at radius 1 is 0.875 bits per heavy atom. The van der Waals surface area contributed by atoms with Gasteiger partial charge >= 0.3 is 0 Å². The molecule has 5 rings (SSSR count). The predicted molar refractivity (Wildman–Crippen MR) is 126 cm³/mol. The van der Waals surface area contributed by atoms with Crippen molar-refractivity contribution in [2.45, 2.75) is 9.79 Å². The molecule has 0 unspecified atom stereocenters. The van der Waals surface area contributed by atoms with Crippen molar-refractivity contribution in [3.63, 3.8) is 0 Å². The van der Waals surface area contributed by atoms with Gasteiger partial charge < -0.3 is 5.73 Å². The van der Waals surface area contributed by atoms with E-state index in [1.807, 2.05) is 42.5 Å². The maximum absolute atomic E-state index is 13.5. The summed E-state index contributed by atoms with van der Waals surface area (Å²) in [7, 11) is -4.02. The number of halogens is 1. The molecule has 3 aromatic carbocycles. The number of para-hydroxylation sites is 2. The zero-order valence-corrected chi connectivity index (χ0v) is 18.1. The Labute approximate surface area is 188 Å². The number of fused-ring (bicyclic) bond motifs is 2. The highest BCUT2D eigenvalue weighted by Gasteiger charge is 2.30. The van der Waals surface area contributed by atoms with Gasteiger partial charge in [0.25, 0.3) is 0 Å². The molecule has 9 heteroatoms. The fraction of sp³-hybridized carbons (Fsp3) is 0. The average molecular weight is 462 g/mol. The highest BCUT2D eigenvalue weighted by atomic mass is 35.5. The van der Waals surface area contributed by atoms with E-state index in [4.69, 9.17) is 17.3 Å². The fourth-order valence-electron chi connectivity index (χ4n) is 3.40. The van der Waals surface area contributed by atoms with Crippen molar-refractivity contribution in [3.8, 4) is 0 Å². The van der Waals surface area contributed by atoms with E-state index in [-0.39, 0.29) is 26.8 Å². The predicted octanol–water partition coefficient (Wildman–Crippen LogP) is 4.54. The topological polar surface area (TPSA) is 103 Å². The Bertz CT molecular complexity index is 1600. The SMILES string of the molecule is Nc1c(S(=O)(=O)c2ccc(Cl)cc2)c2nc3ccccc3nc2n1/N=C\c1ccccc1. The second-order valence-corrected chi connectivity index (χ2v) is 9.35. The summed E-state index contributed by atoms with van der Waals surface area (Å²) in [5, 5.41) is 4.86. The van der Waals surface area contributed by atoms with Gasteiger partial charge in [0.15, 0.2) is 5.65 Å². The van der Waals surface area contributed by atoms with Crippen LogP contribution < -0.4 is 5.73 Å². The Kier molecular flexibility index (Phi) is 4.88. The minimum atomic E-state index is -4.02. The zero-order chi connectivity index (χ0) is 22.3. The van der Waals surface area contributed by atoms with E-state index in [9.17, 15) is 8.42 Å². The van der Waals surface area contributed by atoms with Crippen LogP contribution in [0.3, 0.4) is 0 Å². The Morgan fingerprint density at radius 3 is 2.19 bits per heavy atom. The number of nitrogens with two attached hydrogens (primary N) is 1. The minimum absolute atomic E-state index is 0.0506. The summed E-state index contributed by atoms with van der Waals surface area (Å²) in [6.45, 7) is 0. The van der Waals surface area contributed by atoms with Crippen molar-refractivity contribution in [3.05, 3.63) is 89.4 Å². The van der Waals surface area contributed by atoms with Crippen LogP contribution in [0.4, 0.5) is 5.82 Å². The van der Waals surface area contributed by atoms with Gasteiger partial charge in [-0.1, -0.05) is 54.1 Å². The normalized spacial score (nSPS) is 12.2. The van der Waals surface area contributed by atoms with E-state index in [2.05, 4.69) is 15.1 Å². The molecule has 2 heterocycles. The number of rotatable bonds is 4. The number of hydrogen-bond donors (Lipinski definition) is 1. The van der Waals surface area contributed by atoms with Crippen molar-refractivity contribution in [1.29, 1.82) is 0 Å². The maximum Gasteiger partial charge on any atom is 0.212 e. The molecule has 0 aliphatic carbocycles. The smallest absolute Gasteiger partial charge is 0.212 e. The van der Waals surface area contributed by atoms with Crippen molar-refractivity contribution in [2.24, 2.45) is 5.10 Å². The van der Waals surface area contributed by atoms with Crippen LogP contribution in [-0.2, 0) is 9.84 Å². The highest BCUT2D eigenvalue weighted by molar-refractivity contribution is 7.92. The van der Waals surface area contributed by atoms with Gasteiger partial charge in [0, 0.05) is 5.02 Å². The lowest BCUT2D eigenvalue weighted by atomic mass is 10.2. The summed E-state index contributed by atoms with van der Waals surface area (Å²) in [5.74, 6) is -0.0718. The third-order valence-electron chi connectivity index (χ3n) is 4.94. The van der Waals surface area contributed by atoms with Gasteiger partial charge in [0.2, 0.25) is 9.84 Å². The second kappa shape index (κ2) is 7.74. The standard InChI is InChI=1S/C23H16ClN5O2S/c24-16-10-12-17(13-11-16)32(30,31)21-20-23(28-19-9-5-4-8-18(19)27-20)29(22(21)25)26-14-15-6-2-1-3-7-15/h1-14H,25H2/b26-14-. The van der Waals surface area contributed by atoms with Crippen LogP contribution in [0, 0.1) is 0 Å². The third-order valence-corrected chi connectivity index (χ3v) is 7.03. The van der Waals surface area contributed by atoms with Crippen molar-refractivity contribution < 1.29 is 8.42 Å². The van der Waals surface area contributed by atoms with E-state index in [0.29, 0.717) is 16.1 Å². The molecular formula is C23H16ClN5O2S. The van der Waals surface area contributed by atoms with Crippen LogP contribution in [0.25, 0.3) is 22.2 Å². The maximum atomic E-state index is 13.5. The van der Waals surface area contributed by atoms with E-state index in [1.54, 1.807) is 18.3 Å². The van der Waals surface area contributed by atoms with E-state index >= 15 is 0 Å². The molecule has 0 bridgehead atoms. The average Bonchev–Trinajstić information content (AvgIpc) is 3.07. The zero-order valence-electron chi connectivity index (χ0n) is 16.6. The van der Waals surface area contributed by atoms with Crippen molar-refractivity contribution in [1.82, 2.24) is 14.6 Å². The molecular weight excluding hydrogens is 446 g/mol. The molecule has 5 aromatic rings. The number of benzene rings is 3. The monoisotopic (exact) mass is 461 g/mol. The molecule has 0 saturated carbocycles. The molecule has 0 fully saturated rings. The largest absolute Gasteiger partial charge is 0.382 e. The van der Waals surface area contributed by atoms with Crippen molar-refractivity contribution >= 4 is 55.7 Å². The van der Waals surface area contributed by atoms with Gasteiger partial charge in [0.1, 0.15) is 16.2 Å². The Morgan fingerprint density at radius 2 is 1.50 bits per heavy atom. The van der Waals surface area contributed by atoms with Gasteiger partial charge in [-0.2, -0.15) is 9.78 Å². The molecule has 0 amide bonds. The highest BCUT2D eigenvalue weighted by Crippen LogP contribution is 2.35. The lowest BCUT2D eigenvalue weighted by Gasteiger charge is -2.05. The number of nitrogens with zero attached hydrogens (tertiary/aromatic N) is 4. The molecule has 2 N–H and O–H groups in total. The number of sulfone groups is 1. The fourth-order valence-corrected chi connectivity index (χ4v) is 5.01. The third kappa shape index (κ3) is 3.39. The molecule has 0 aliphatic heterocycles. The molecule has 158 valence electrons. The molecule has 0 atom stereocenters. The van der Waals surface area contributed by atoms with Gasteiger partial charge in [-0.3, -0.25) is 0 Å². The van der Waals surface area contributed by atoms with Gasteiger partial charge in [-0.25, -0.2) is 18.4 Å². The quantitative estimate of drug-likeness (QED) is 0.396. The lowest BCUT2D eigenvalue weighted by Crippen LogP contribution is -2.06. The lowest BCUT2D eigenvalue weighted by molar-refractivity contribution is 0.597. The summed E-state index contributed by atoms with van der Waals surface area (Å²) >= 11 is 5.94. The number of anilines is 1. The Hall–Kier alpha value is -3.75. The van der Waals surface area contributed by atoms with Crippen LogP contribution in [0.2, 0.25) is 5.02 Å². The summed E-state index contributed by atoms with van der Waals surface area (Å²) in [6, 6.07) is 22.5. The molecule has 0 spiro atoms. The van der Waals surface area contributed by atoms with Gasteiger partial charge in [-0.05, 0) is 42.0 Å². The second-order valence-electron chi connectivity index (χ2n) is 7.02. The minimum Gasteiger partial charge on any atom is -0.382 e. The van der Waals surface area contributed by atoms with Gasteiger partial charge in [-0.15, -0.1) is 0 Å². The first-order chi connectivity index (χ1) is 15.4. The van der Waals surface area contributed by atoms with Crippen LogP contribution in [-0.4, -0.2) is 29.3 Å².